The number of nitrogens with zero attached hydrogens (tertiary/aromatic N) is 1. The maximum absolute atomic E-state index is 4.50. The van der Waals surface area contributed by atoms with Crippen LogP contribution >= 0.6 is 15.9 Å². The first kappa shape index (κ1) is 11.9. The van der Waals surface area contributed by atoms with Crippen LogP contribution in [0.3, 0.4) is 0 Å². The van der Waals surface area contributed by atoms with Gasteiger partial charge in [0.1, 0.15) is 0 Å². The molecule has 1 aliphatic rings. The second-order valence-electron chi connectivity index (χ2n) is 4.71. The van der Waals surface area contributed by atoms with Gasteiger partial charge in [-0.2, -0.15) is 0 Å². The molecule has 0 spiro atoms. The minimum absolute atomic E-state index is 0.593. The normalized spacial score (nSPS) is 19.3. The van der Waals surface area contributed by atoms with Gasteiger partial charge in [-0.25, -0.2) is 0 Å². The van der Waals surface area contributed by atoms with E-state index in [-0.39, 0.29) is 0 Å². The molecule has 18 heavy (non-hydrogen) atoms. The summed E-state index contributed by atoms with van der Waals surface area (Å²) in [6, 6.07) is 8.95. The average molecular weight is 306 g/mol. The fourth-order valence-corrected chi connectivity index (χ4v) is 2.79. The quantitative estimate of drug-likeness (QED) is 0.914. The van der Waals surface area contributed by atoms with E-state index in [4.69, 9.17) is 0 Å². The standard InChI is InChI=1S/C14H16BrN3/c15-11-7-10-3-1-5-13(14(10)18-8-11)17-9-12-4-2-6-16-12/h1,3,5,7-8,12,16-17H,2,4,6,9H2. The zero-order valence-corrected chi connectivity index (χ0v) is 11.7. The van der Waals surface area contributed by atoms with E-state index >= 15 is 0 Å². The number of para-hydroxylation sites is 1. The van der Waals surface area contributed by atoms with Gasteiger partial charge in [0, 0.05) is 28.6 Å². The molecule has 1 atom stereocenters. The summed E-state index contributed by atoms with van der Waals surface area (Å²) in [6.45, 7) is 2.12. The molecule has 0 saturated carbocycles. The first-order chi connectivity index (χ1) is 8.83. The van der Waals surface area contributed by atoms with Crippen LogP contribution < -0.4 is 10.6 Å². The van der Waals surface area contributed by atoms with Gasteiger partial charge >= 0.3 is 0 Å². The van der Waals surface area contributed by atoms with Crippen molar-refractivity contribution in [3.63, 3.8) is 0 Å². The maximum atomic E-state index is 4.50. The Bertz CT molecular complexity index is 550. The number of aromatic nitrogens is 1. The van der Waals surface area contributed by atoms with Crippen LogP contribution in [0.2, 0.25) is 0 Å². The third kappa shape index (κ3) is 2.49. The minimum Gasteiger partial charge on any atom is -0.382 e. The van der Waals surface area contributed by atoms with Crippen LogP contribution in [0.1, 0.15) is 12.8 Å². The summed E-state index contributed by atoms with van der Waals surface area (Å²) >= 11 is 3.46. The molecule has 3 rings (SSSR count). The molecule has 0 bridgehead atoms. The van der Waals surface area contributed by atoms with Gasteiger partial charge in [0.15, 0.2) is 0 Å². The molecule has 4 heteroatoms. The van der Waals surface area contributed by atoms with Crippen molar-refractivity contribution < 1.29 is 0 Å². The monoisotopic (exact) mass is 305 g/mol. The van der Waals surface area contributed by atoms with Crippen molar-refractivity contribution in [3.8, 4) is 0 Å². The Morgan fingerprint density at radius 1 is 1.44 bits per heavy atom. The predicted octanol–water partition coefficient (Wildman–Crippen LogP) is 3.16. The lowest BCUT2D eigenvalue weighted by Gasteiger charge is -2.13. The smallest absolute Gasteiger partial charge is 0.0934 e. The molecule has 0 radical (unpaired) electrons. The molecule has 0 aliphatic carbocycles. The molecule has 94 valence electrons. The molecule has 1 saturated heterocycles. The van der Waals surface area contributed by atoms with Crippen LogP contribution in [0.15, 0.2) is 34.9 Å². The lowest BCUT2D eigenvalue weighted by Crippen LogP contribution is -2.29. The zero-order chi connectivity index (χ0) is 12.4. The van der Waals surface area contributed by atoms with E-state index in [0.29, 0.717) is 6.04 Å². The molecule has 0 amide bonds. The van der Waals surface area contributed by atoms with Gasteiger partial charge in [-0.15, -0.1) is 0 Å². The van der Waals surface area contributed by atoms with Crippen LogP contribution in [0.4, 0.5) is 5.69 Å². The van der Waals surface area contributed by atoms with E-state index in [1.807, 2.05) is 6.20 Å². The molecule has 1 aromatic carbocycles. The van der Waals surface area contributed by atoms with Gasteiger partial charge in [-0.3, -0.25) is 4.98 Å². The summed E-state index contributed by atoms with van der Waals surface area (Å²) in [5, 5.41) is 8.16. The number of benzene rings is 1. The van der Waals surface area contributed by atoms with Crippen LogP contribution in [0.5, 0.6) is 0 Å². The van der Waals surface area contributed by atoms with Crippen LogP contribution in [0, 0.1) is 0 Å². The average Bonchev–Trinajstić information content (AvgIpc) is 2.89. The Kier molecular flexibility index (Phi) is 3.48. The van der Waals surface area contributed by atoms with Gasteiger partial charge in [0.2, 0.25) is 0 Å². The third-order valence-electron chi connectivity index (χ3n) is 3.38. The second-order valence-corrected chi connectivity index (χ2v) is 5.62. The summed E-state index contributed by atoms with van der Waals surface area (Å²) in [5.41, 5.74) is 2.16. The molecule has 2 heterocycles. The van der Waals surface area contributed by atoms with Gasteiger partial charge in [0.05, 0.1) is 11.2 Å². The Hall–Kier alpha value is -1.13. The molecular weight excluding hydrogens is 290 g/mol. The van der Waals surface area contributed by atoms with Gasteiger partial charge in [-0.05, 0) is 47.4 Å². The summed E-state index contributed by atoms with van der Waals surface area (Å²) in [4.78, 5) is 4.50. The highest BCUT2D eigenvalue weighted by molar-refractivity contribution is 9.10. The molecule has 2 N–H and O–H groups in total. The van der Waals surface area contributed by atoms with Crippen LogP contribution in [0.25, 0.3) is 10.9 Å². The van der Waals surface area contributed by atoms with E-state index in [9.17, 15) is 0 Å². The first-order valence-corrected chi connectivity index (χ1v) is 7.14. The Morgan fingerprint density at radius 3 is 3.22 bits per heavy atom. The Balaban J connectivity index is 1.82. The predicted molar refractivity (Wildman–Crippen MR) is 79.0 cm³/mol. The first-order valence-electron chi connectivity index (χ1n) is 6.34. The topological polar surface area (TPSA) is 37.0 Å². The van der Waals surface area contributed by atoms with Crippen molar-refractivity contribution in [3.05, 3.63) is 34.9 Å². The lowest BCUT2D eigenvalue weighted by atomic mass is 10.1. The number of pyridine rings is 1. The van der Waals surface area contributed by atoms with E-state index in [2.05, 4.69) is 55.8 Å². The molecule has 1 aromatic heterocycles. The summed E-state index contributed by atoms with van der Waals surface area (Å²) in [7, 11) is 0. The van der Waals surface area contributed by atoms with Gasteiger partial charge < -0.3 is 10.6 Å². The second kappa shape index (κ2) is 5.24. The third-order valence-corrected chi connectivity index (χ3v) is 3.81. The van der Waals surface area contributed by atoms with Crippen molar-refractivity contribution in [2.24, 2.45) is 0 Å². The number of nitrogens with one attached hydrogen (secondary N) is 2. The lowest BCUT2D eigenvalue weighted by molar-refractivity contribution is 0.634. The molecular formula is C14H16BrN3. The van der Waals surface area contributed by atoms with E-state index < -0.39 is 0 Å². The molecule has 1 unspecified atom stereocenters. The number of fused-ring (bicyclic) bond motifs is 1. The maximum Gasteiger partial charge on any atom is 0.0934 e. The van der Waals surface area contributed by atoms with E-state index in [1.54, 1.807) is 0 Å². The number of rotatable bonds is 3. The highest BCUT2D eigenvalue weighted by Gasteiger charge is 2.13. The summed E-state index contributed by atoms with van der Waals surface area (Å²) in [5.74, 6) is 0. The largest absolute Gasteiger partial charge is 0.382 e. The van der Waals surface area contributed by atoms with Crippen LogP contribution in [-0.4, -0.2) is 24.1 Å². The highest BCUT2D eigenvalue weighted by Crippen LogP contribution is 2.24. The van der Waals surface area contributed by atoms with E-state index in [0.717, 1.165) is 34.2 Å². The fraction of sp³-hybridized carbons (Fsp3) is 0.357. The van der Waals surface area contributed by atoms with Crippen molar-refractivity contribution in [1.29, 1.82) is 0 Å². The van der Waals surface area contributed by atoms with Crippen molar-refractivity contribution in [1.82, 2.24) is 10.3 Å². The van der Waals surface area contributed by atoms with Crippen molar-refractivity contribution in [2.45, 2.75) is 18.9 Å². The molecule has 3 nitrogen and oxygen atoms in total. The number of hydrogen-bond acceptors (Lipinski definition) is 3. The van der Waals surface area contributed by atoms with Crippen LogP contribution in [-0.2, 0) is 0 Å². The Morgan fingerprint density at radius 2 is 2.39 bits per heavy atom. The van der Waals surface area contributed by atoms with Gasteiger partial charge in [-0.1, -0.05) is 12.1 Å². The highest BCUT2D eigenvalue weighted by atomic mass is 79.9. The van der Waals surface area contributed by atoms with Crippen molar-refractivity contribution in [2.75, 3.05) is 18.4 Å². The Labute approximate surface area is 115 Å². The molecule has 1 fully saturated rings. The van der Waals surface area contributed by atoms with Crippen molar-refractivity contribution >= 4 is 32.5 Å². The minimum atomic E-state index is 0.593. The summed E-state index contributed by atoms with van der Waals surface area (Å²) < 4.78 is 1.02. The number of halogens is 1. The fourth-order valence-electron chi connectivity index (χ4n) is 2.44. The SMILES string of the molecule is Brc1cnc2c(NCC3CCCN3)cccc2c1. The number of hydrogen-bond donors (Lipinski definition) is 2. The molecule has 1 aliphatic heterocycles. The molecule has 2 aromatic rings. The van der Waals surface area contributed by atoms with E-state index in [1.165, 1.54) is 12.8 Å². The summed E-state index contributed by atoms with van der Waals surface area (Å²) in [6.07, 6.45) is 4.39. The number of anilines is 1. The zero-order valence-electron chi connectivity index (χ0n) is 10.1. The van der Waals surface area contributed by atoms with Gasteiger partial charge in [0.25, 0.3) is 0 Å².